The molecule has 0 fully saturated rings. The Morgan fingerprint density at radius 3 is 0.597 bits per heavy atom. The molecule has 9 heterocycles. The number of hydrogen-bond donors (Lipinski definition) is 0. The van der Waals surface area contributed by atoms with Gasteiger partial charge < -0.3 is 0 Å². The smallest absolute Gasteiger partial charge is 0.164 e. The van der Waals surface area contributed by atoms with Crippen molar-refractivity contribution >= 4 is 82.8 Å². The standard InChI is InChI=1S/C47H31N5.2C41H27N5/c1-4-15-32(16-5-1)36-21-14-22-37(31-36)46-49-44(34-19-8-3-9-20-34)48-45(50-46)35-27-29-38(30-28-35)51-41-25-12-13-26-42(41)52-40-24-11-10-23-39(40)43(47(51)52)33-17-6-2-7-18-33;1-4-15-28(16-5-1)37-33-23-10-11-24-34(33)46-36-26-13-12-25-35(36)45(41(37)46)32-22-14-21-31(27-32)40-43-38(29-17-6-2-7-18-29)42-39(44-40)30-19-8-3-9-20-30;1-4-14-28(15-5-1)37-33-20-10-11-21-34(33)46-36-23-13-12-22-35(36)45(41(37)46)32-26-24-31(25-27-32)40-43-38(29-16-6-2-7-17-29)42-39(44-40)30-18-8-3-9-19-30/h1-31H;2*1-27H. The SMILES string of the molecule is c1ccc(-c2cccc(-c3nc(-c4ccccc4)nc(-c4ccc(-n5c6ccccc6n6c7ccccc7c(-c7ccccc7)c56)cc4)n3)c2)cc1.c1ccc(-c2nc(-c3ccccc3)nc(-c3ccc(-n4c5ccccc5n5c6ccccc6c(-c6ccccc6)c45)cc3)n2)cc1.c1ccc(-c2nc(-c3ccccc3)nc(-c3cccc(-n4c5ccccc5n5c6ccccc6c(-c6ccccc6)c45)c3)n2)cc1. The molecule has 0 atom stereocenters. The summed E-state index contributed by atoms with van der Waals surface area (Å²) in [6.45, 7) is 0. The fraction of sp³-hybridized carbons (Fsp3) is 0. The van der Waals surface area contributed by atoms with E-state index in [1.165, 1.54) is 66.1 Å². The zero-order valence-electron chi connectivity index (χ0n) is 77.8. The Hall–Kier alpha value is -19.8. The predicted octanol–water partition coefficient (Wildman–Crippen LogP) is 31.3. The molecule has 0 unspecified atom stereocenters. The molecule has 0 saturated carbocycles. The number of para-hydroxylation sites is 9. The number of aromatic nitrogens is 15. The molecule has 144 heavy (non-hydrogen) atoms. The van der Waals surface area contributed by atoms with Gasteiger partial charge in [0.25, 0.3) is 0 Å². The van der Waals surface area contributed by atoms with Gasteiger partial charge in [-0.15, -0.1) is 0 Å². The van der Waals surface area contributed by atoms with E-state index >= 15 is 0 Å². The Kier molecular flexibility index (Phi) is 21.5. The van der Waals surface area contributed by atoms with Gasteiger partial charge in [0.2, 0.25) is 0 Å². The second-order valence-electron chi connectivity index (χ2n) is 35.6. The van der Waals surface area contributed by atoms with Crippen LogP contribution in [0, 0.1) is 0 Å². The largest absolute Gasteiger partial charge is 0.293 e. The lowest BCUT2D eigenvalue weighted by Gasteiger charge is -2.12. The van der Waals surface area contributed by atoms with Crippen molar-refractivity contribution in [2.45, 2.75) is 0 Å². The lowest BCUT2D eigenvalue weighted by molar-refractivity contribution is 1.07. The first-order valence-corrected chi connectivity index (χ1v) is 48.2. The molecule has 19 aromatic carbocycles. The molecule has 0 amide bonds. The maximum Gasteiger partial charge on any atom is 0.164 e. The van der Waals surface area contributed by atoms with E-state index in [0.717, 1.165) is 128 Å². The number of rotatable bonds is 16. The molecule has 0 aliphatic rings. The minimum atomic E-state index is 0.626. The van der Waals surface area contributed by atoms with Gasteiger partial charge in [-0.2, -0.15) is 0 Å². The zero-order valence-corrected chi connectivity index (χ0v) is 77.8. The summed E-state index contributed by atoms with van der Waals surface area (Å²) >= 11 is 0. The maximum absolute atomic E-state index is 5.08. The van der Waals surface area contributed by atoms with Crippen LogP contribution in [-0.2, 0) is 0 Å². The topological polar surface area (TPSA) is 144 Å². The highest BCUT2D eigenvalue weighted by molar-refractivity contribution is 6.12. The molecule has 28 rings (SSSR count). The number of hydrogen-bond acceptors (Lipinski definition) is 9. The molecule has 0 aliphatic heterocycles. The van der Waals surface area contributed by atoms with Crippen LogP contribution >= 0.6 is 0 Å². The Morgan fingerprint density at radius 1 is 0.118 bits per heavy atom. The molecule has 0 saturated heterocycles. The summed E-state index contributed by atoms with van der Waals surface area (Å²) < 4.78 is 14.3. The van der Waals surface area contributed by atoms with E-state index in [9.17, 15) is 0 Å². The van der Waals surface area contributed by atoms with Crippen molar-refractivity contribution < 1.29 is 0 Å². The van der Waals surface area contributed by atoms with Crippen LogP contribution in [-0.4, -0.2) is 71.8 Å². The van der Waals surface area contributed by atoms with Crippen molar-refractivity contribution in [1.82, 2.24) is 71.8 Å². The Balaban J connectivity index is 0.000000110. The third kappa shape index (κ3) is 15.3. The third-order valence-electron chi connectivity index (χ3n) is 26.9. The van der Waals surface area contributed by atoms with Crippen LogP contribution in [0.25, 0.3) is 247 Å². The van der Waals surface area contributed by atoms with Gasteiger partial charge in [0, 0.05) is 100.0 Å². The number of nitrogens with zero attached hydrogens (tertiary/aromatic N) is 15. The Morgan fingerprint density at radius 2 is 0.312 bits per heavy atom. The van der Waals surface area contributed by atoms with Crippen molar-refractivity contribution in [3.05, 3.63) is 516 Å². The number of benzene rings is 19. The van der Waals surface area contributed by atoms with Crippen LogP contribution in [0.15, 0.2) is 516 Å². The molecule has 0 radical (unpaired) electrons. The highest BCUT2D eigenvalue weighted by Gasteiger charge is 2.29. The third-order valence-corrected chi connectivity index (χ3v) is 26.9. The van der Waals surface area contributed by atoms with Crippen LogP contribution < -0.4 is 0 Å². The Labute approximate surface area is 828 Å². The molecule has 0 spiro atoms. The molecule has 676 valence electrons. The molecule has 0 bridgehead atoms. The molecule has 9 aromatic heterocycles. The first-order valence-electron chi connectivity index (χ1n) is 48.2. The van der Waals surface area contributed by atoms with Crippen LogP contribution in [0.2, 0.25) is 0 Å². The summed E-state index contributed by atoms with van der Waals surface area (Å²) in [5.41, 5.74) is 34.9. The van der Waals surface area contributed by atoms with Crippen molar-refractivity contribution in [2.24, 2.45) is 0 Å². The first kappa shape index (κ1) is 84.7. The fourth-order valence-corrected chi connectivity index (χ4v) is 20.4. The van der Waals surface area contributed by atoms with Gasteiger partial charge >= 0.3 is 0 Å². The van der Waals surface area contributed by atoms with Crippen molar-refractivity contribution in [2.75, 3.05) is 0 Å². The highest BCUT2D eigenvalue weighted by Crippen LogP contribution is 2.47. The lowest BCUT2D eigenvalue weighted by atomic mass is 10.0. The highest BCUT2D eigenvalue weighted by atomic mass is 15.2. The quantitative estimate of drug-likeness (QED) is 0.0923. The van der Waals surface area contributed by atoms with E-state index in [1.807, 2.05) is 158 Å². The summed E-state index contributed by atoms with van der Waals surface area (Å²) in [5.74, 6) is 5.77. The van der Waals surface area contributed by atoms with Crippen LogP contribution in [0.5, 0.6) is 0 Å². The number of imidazole rings is 3. The summed E-state index contributed by atoms with van der Waals surface area (Å²) in [4.78, 5) is 44.7. The first-order chi connectivity index (χ1) is 71.5. The van der Waals surface area contributed by atoms with Gasteiger partial charge in [0.15, 0.2) is 52.4 Å². The van der Waals surface area contributed by atoms with Crippen molar-refractivity contribution in [1.29, 1.82) is 0 Å². The van der Waals surface area contributed by atoms with Crippen LogP contribution in [0.3, 0.4) is 0 Å². The van der Waals surface area contributed by atoms with E-state index in [2.05, 4.69) is 385 Å². The Bertz CT molecular complexity index is 9530. The maximum atomic E-state index is 5.08. The molecular weight excluding hydrogens is 1760 g/mol. The molecule has 0 N–H and O–H groups in total. The van der Waals surface area contributed by atoms with Gasteiger partial charge in [-0.3, -0.25) is 26.9 Å². The summed E-state index contributed by atoms with van der Waals surface area (Å²) in [7, 11) is 0. The van der Waals surface area contributed by atoms with E-state index in [4.69, 9.17) is 44.9 Å². The van der Waals surface area contributed by atoms with Crippen molar-refractivity contribution in [3.63, 3.8) is 0 Å². The summed E-state index contributed by atoms with van der Waals surface area (Å²) in [5, 5.41) is 3.67. The van der Waals surface area contributed by atoms with E-state index in [1.54, 1.807) is 0 Å². The molecule has 15 nitrogen and oxygen atoms in total. The monoisotopic (exact) mass is 1840 g/mol. The second kappa shape index (κ2) is 36.6. The molecular formula is C129H85N15. The van der Waals surface area contributed by atoms with Crippen molar-refractivity contribution in [3.8, 4) is 164 Å². The normalized spacial score (nSPS) is 11.5. The lowest BCUT2D eigenvalue weighted by Crippen LogP contribution is -2.01. The van der Waals surface area contributed by atoms with Gasteiger partial charge in [-0.1, -0.05) is 394 Å². The summed E-state index contributed by atoms with van der Waals surface area (Å²) in [6.07, 6.45) is 0. The average Bonchev–Trinajstić information content (AvgIpc) is 1.55. The number of fused-ring (bicyclic) bond motifs is 15. The van der Waals surface area contributed by atoms with Gasteiger partial charge in [-0.05, 0) is 149 Å². The fourth-order valence-electron chi connectivity index (χ4n) is 20.4. The summed E-state index contributed by atoms with van der Waals surface area (Å²) in [6, 6.07) is 179. The second-order valence-corrected chi connectivity index (χ2v) is 35.6. The van der Waals surface area contributed by atoms with E-state index in [-0.39, 0.29) is 0 Å². The average molecular weight is 1850 g/mol. The van der Waals surface area contributed by atoms with Crippen LogP contribution in [0.4, 0.5) is 0 Å². The molecule has 15 heteroatoms. The predicted molar refractivity (Wildman–Crippen MR) is 586 cm³/mol. The zero-order chi connectivity index (χ0) is 95.3. The van der Waals surface area contributed by atoms with E-state index < -0.39 is 0 Å². The van der Waals surface area contributed by atoms with Gasteiger partial charge in [0.05, 0.1) is 49.7 Å². The van der Waals surface area contributed by atoms with Crippen LogP contribution in [0.1, 0.15) is 0 Å². The minimum Gasteiger partial charge on any atom is -0.293 e. The van der Waals surface area contributed by atoms with Gasteiger partial charge in [0.1, 0.15) is 16.9 Å². The minimum absolute atomic E-state index is 0.626. The van der Waals surface area contributed by atoms with E-state index in [0.29, 0.717) is 52.4 Å². The van der Waals surface area contributed by atoms with Gasteiger partial charge in [-0.25, -0.2) is 44.9 Å². The molecule has 0 aliphatic carbocycles. The molecule has 28 aromatic rings.